The van der Waals surface area contributed by atoms with Gasteiger partial charge >= 0.3 is 6.09 Å². The van der Waals surface area contributed by atoms with Crippen molar-refractivity contribution < 1.29 is 35.9 Å². The zero-order chi connectivity index (χ0) is 22.8. The summed E-state index contributed by atoms with van der Waals surface area (Å²) in [5, 5.41) is 0. The molecule has 13 heteroatoms. The number of carbonyl (C=O) groups excluding carboxylic acids is 2. The van der Waals surface area contributed by atoms with Crippen LogP contribution in [0.4, 0.5) is 10.5 Å². The fraction of sp³-hybridized carbons (Fsp3) is 0.556. The van der Waals surface area contributed by atoms with E-state index in [0.29, 0.717) is 30.2 Å². The van der Waals surface area contributed by atoms with E-state index in [0.717, 1.165) is 6.07 Å². The van der Waals surface area contributed by atoms with Crippen molar-refractivity contribution in [1.29, 1.82) is 0 Å². The lowest BCUT2D eigenvalue weighted by molar-refractivity contribution is -0.116. The van der Waals surface area contributed by atoms with Gasteiger partial charge < -0.3 is 14.4 Å². The van der Waals surface area contributed by atoms with Crippen molar-refractivity contribution in [3.8, 4) is 5.75 Å². The molecule has 0 radical (unpaired) electrons. The zero-order valence-corrected chi connectivity index (χ0v) is 18.9. The molecule has 0 saturated carbocycles. The van der Waals surface area contributed by atoms with Crippen molar-refractivity contribution in [2.75, 3.05) is 36.9 Å². The molecule has 2 saturated heterocycles. The summed E-state index contributed by atoms with van der Waals surface area (Å²) in [5.41, 5.74) is -0.0548. The lowest BCUT2D eigenvalue weighted by Crippen LogP contribution is -2.46. The summed E-state index contributed by atoms with van der Waals surface area (Å²) in [7, 11) is -6.64. The fourth-order valence-corrected chi connectivity index (χ4v) is 6.49. The normalized spacial score (nSPS) is 19.5. The minimum atomic E-state index is -4.10. The Morgan fingerprint density at radius 1 is 1.26 bits per heavy atom. The maximum Gasteiger partial charge on any atom is 0.409 e. The van der Waals surface area contributed by atoms with Gasteiger partial charge in [0.15, 0.2) is 0 Å². The summed E-state index contributed by atoms with van der Waals surface area (Å²) in [5.74, 6) is -0.922. The third kappa shape index (κ3) is 4.93. The van der Waals surface area contributed by atoms with Gasteiger partial charge in [0, 0.05) is 25.6 Å². The maximum absolute atomic E-state index is 13.1. The van der Waals surface area contributed by atoms with Gasteiger partial charge in [0.05, 0.1) is 25.2 Å². The first-order chi connectivity index (χ1) is 14.6. The van der Waals surface area contributed by atoms with E-state index in [2.05, 4.69) is 4.72 Å². The molecule has 2 heterocycles. The van der Waals surface area contributed by atoms with Gasteiger partial charge in [-0.1, -0.05) is 0 Å². The highest BCUT2D eigenvalue weighted by molar-refractivity contribution is 7.94. The number of nitrogens with one attached hydrogen (secondary N) is 1. The molecule has 0 atom stereocenters. The molecular weight excluding hydrogens is 450 g/mol. The number of anilines is 1. The van der Waals surface area contributed by atoms with Crippen LogP contribution in [0.1, 0.15) is 26.2 Å². The summed E-state index contributed by atoms with van der Waals surface area (Å²) in [6.07, 6.45) is 0.181. The molecule has 1 aromatic carbocycles. The molecule has 0 aliphatic carbocycles. The number of benzene rings is 1. The molecule has 0 spiro atoms. The number of methoxy groups -OCH3 is 1. The molecule has 172 valence electrons. The van der Waals surface area contributed by atoms with Crippen molar-refractivity contribution in [2.24, 2.45) is 0 Å². The first kappa shape index (κ1) is 23.3. The van der Waals surface area contributed by atoms with Crippen LogP contribution < -0.4 is 13.8 Å². The van der Waals surface area contributed by atoms with Crippen LogP contribution in [0.25, 0.3) is 0 Å². The SMILES string of the molecule is CCOC(=O)N1CCC(NS(=O)(=O)c2cc(N3C(=O)CCS3(=O)=O)ccc2OC)CC1. The number of ether oxygens (including phenoxy) is 2. The van der Waals surface area contributed by atoms with Crippen molar-refractivity contribution in [1.82, 2.24) is 9.62 Å². The number of sulfonamides is 2. The lowest BCUT2D eigenvalue weighted by Gasteiger charge is -2.31. The van der Waals surface area contributed by atoms with E-state index in [1.54, 1.807) is 6.92 Å². The van der Waals surface area contributed by atoms with E-state index in [1.165, 1.54) is 24.1 Å². The Hall–Kier alpha value is -2.38. The van der Waals surface area contributed by atoms with Gasteiger partial charge in [-0.2, -0.15) is 0 Å². The van der Waals surface area contributed by atoms with E-state index in [1.807, 2.05) is 0 Å². The monoisotopic (exact) mass is 475 g/mol. The second-order valence-electron chi connectivity index (χ2n) is 7.14. The van der Waals surface area contributed by atoms with Gasteiger partial charge in [0.1, 0.15) is 10.6 Å². The highest BCUT2D eigenvalue weighted by Crippen LogP contribution is 2.33. The minimum absolute atomic E-state index is 0.0178. The van der Waals surface area contributed by atoms with Crippen molar-refractivity contribution in [3.05, 3.63) is 18.2 Å². The molecule has 0 aromatic heterocycles. The second-order valence-corrected chi connectivity index (χ2v) is 10.8. The Labute approximate surface area is 181 Å². The van der Waals surface area contributed by atoms with Crippen LogP contribution in [-0.4, -0.2) is 72.3 Å². The van der Waals surface area contributed by atoms with Crippen LogP contribution in [0, 0.1) is 0 Å². The lowest BCUT2D eigenvalue weighted by atomic mass is 10.1. The smallest absolute Gasteiger partial charge is 0.409 e. The second kappa shape index (κ2) is 9.01. The highest BCUT2D eigenvalue weighted by Gasteiger charge is 2.37. The summed E-state index contributed by atoms with van der Waals surface area (Å²) in [4.78, 5) is 25.1. The molecule has 2 fully saturated rings. The van der Waals surface area contributed by atoms with Gasteiger partial charge in [-0.05, 0) is 38.0 Å². The number of hydrogen-bond donors (Lipinski definition) is 1. The summed E-state index contributed by atoms with van der Waals surface area (Å²) in [6.45, 7) is 2.64. The molecule has 2 amide bonds. The molecule has 0 bridgehead atoms. The average molecular weight is 476 g/mol. The molecule has 2 aliphatic rings. The standard InChI is InChI=1S/C18H25N3O8S2/c1-3-29-18(23)20-9-6-13(7-10-20)19-31(26,27)16-12-14(4-5-15(16)28-2)21-17(22)8-11-30(21,24)25/h4-5,12-13,19H,3,6-11H2,1-2H3. The van der Waals surface area contributed by atoms with Gasteiger partial charge in [0.2, 0.25) is 26.0 Å². The average Bonchev–Trinajstić information content (AvgIpc) is 3.00. The molecule has 31 heavy (non-hydrogen) atoms. The molecule has 3 rings (SSSR count). The van der Waals surface area contributed by atoms with Gasteiger partial charge in [0.25, 0.3) is 0 Å². The highest BCUT2D eigenvalue weighted by atomic mass is 32.2. The Morgan fingerprint density at radius 3 is 2.48 bits per heavy atom. The molecule has 11 nitrogen and oxygen atoms in total. The van der Waals surface area contributed by atoms with E-state index in [4.69, 9.17) is 9.47 Å². The van der Waals surface area contributed by atoms with E-state index in [-0.39, 0.29) is 35.1 Å². The molecule has 0 unspecified atom stereocenters. The number of hydrogen-bond acceptors (Lipinski definition) is 8. The topological polar surface area (TPSA) is 139 Å². The van der Waals surface area contributed by atoms with Crippen LogP contribution in [0.3, 0.4) is 0 Å². The van der Waals surface area contributed by atoms with Crippen LogP contribution >= 0.6 is 0 Å². The molecule has 1 N–H and O–H groups in total. The van der Waals surface area contributed by atoms with Crippen LogP contribution in [0.5, 0.6) is 5.75 Å². The van der Waals surface area contributed by atoms with Crippen LogP contribution in [0.15, 0.2) is 23.1 Å². The Balaban J connectivity index is 1.81. The maximum atomic E-state index is 13.1. The summed E-state index contributed by atoms with van der Waals surface area (Å²) >= 11 is 0. The third-order valence-electron chi connectivity index (χ3n) is 5.09. The van der Waals surface area contributed by atoms with Crippen LogP contribution in [-0.2, 0) is 29.6 Å². The first-order valence-corrected chi connectivity index (χ1v) is 12.9. The number of rotatable bonds is 6. The van der Waals surface area contributed by atoms with Gasteiger partial charge in [-0.15, -0.1) is 0 Å². The quantitative estimate of drug-likeness (QED) is 0.633. The number of nitrogens with zero attached hydrogens (tertiary/aromatic N) is 2. The van der Waals surface area contributed by atoms with Crippen molar-refractivity contribution >= 4 is 37.7 Å². The first-order valence-electron chi connectivity index (χ1n) is 9.77. The number of amides is 2. The fourth-order valence-electron chi connectivity index (χ4n) is 3.55. The molecule has 2 aliphatic heterocycles. The number of piperidine rings is 1. The van der Waals surface area contributed by atoms with Crippen LogP contribution in [0.2, 0.25) is 0 Å². The summed E-state index contributed by atoms with van der Waals surface area (Å²) in [6, 6.07) is 3.33. The predicted octanol–water partition coefficient (Wildman–Crippen LogP) is 0.661. The van der Waals surface area contributed by atoms with E-state index in [9.17, 15) is 26.4 Å². The molecular formula is C18H25N3O8S2. The predicted molar refractivity (Wildman–Crippen MR) is 111 cm³/mol. The Bertz CT molecular complexity index is 1060. The number of carbonyl (C=O) groups is 2. The van der Waals surface area contributed by atoms with Gasteiger partial charge in [-0.25, -0.2) is 30.7 Å². The van der Waals surface area contributed by atoms with E-state index < -0.39 is 38.1 Å². The largest absolute Gasteiger partial charge is 0.495 e. The van der Waals surface area contributed by atoms with Crippen molar-refractivity contribution in [2.45, 2.75) is 37.1 Å². The Kier molecular flexibility index (Phi) is 6.76. The van der Waals surface area contributed by atoms with E-state index >= 15 is 0 Å². The Morgan fingerprint density at radius 2 is 1.94 bits per heavy atom. The molecule has 1 aromatic rings. The van der Waals surface area contributed by atoms with Crippen molar-refractivity contribution in [3.63, 3.8) is 0 Å². The zero-order valence-electron chi connectivity index (χ0n) is 17.2. The minimum Gasteiger partial charge on any atom is -0.495 e. The summed E-state index contributed by atoms with van der Waals surface area (Å²) < 4.78 is 63.8. The van der Waals surface area contributed by atoms with Gasteiger partial charge in [-0.3, -0.25) is 4.79 Å². The number of likely N-dealkylation sites (tertiary alicyclic amines) is 1. The third-order valence-corrected chi connectivity index (χ3v) is 8.33.